The topological polar surface area (TPSA) is 78.9 Å². The number of carbonyl (C=O) groups excluding carboxylic acids is 1. The first-order chi connectivity index (χ1) is 11.4. The second kappa shape index (κ2) is 7.31. The zero-order valence-corrected chi connectivity index (χ0v) is 13.8. The van der Waals surface area contributed by atoms with E-state index in [9.17, 15) is 17.6 Å². The second-order valence-corrected chi connectivity index (χ2v) is 6.28. The van der Waals surface area contributed by atoms with Crippen molar-refractivity contribution in [3.8, 4) is 11.5 Å². The lowest BCUT2D eigenvalue weighted by atomic mass is 10.1. The molecular formula is C16H15FO6S. The quantitative estimate of drug-likeness (QED) is 0.585. The lowest BCUT2D eigenvalue weighted by Crippen LogP contribution is -2.10. The van der Waals surface area contributed by atoms with Gasteiger partial charge in [-0.2, -0.15) is 8.42 Å². The Morgan fingerprint density at radius 2 is 1.75 bits per heavy atom. The molecule has 2 aromatic carbocycles. The van der Waals surface area contributed by atoms with Gasteiger partial charge < -0.3 is 13.7 Å². The largest absolute Gasteiger partial charge is 0.494 e. The van der Waals surface area contributed by atoms with Crippen LogP contribution in [0.3, 0.4) is 0 Å². The highest BCUT2D eigenvalue weighted by atomic mass is 32.2. The fourth-order valence-corrected chi connectivity index (χ4v) is 2.82. The molecule has 6 nitrogen and oxygen atoms in total. The number of methoxy groups -OCH3 is 2. The van der Waals surface area contributed by atoms with Crippen molar-refractivity contribution in [2.24, 2.45) is 0 Å². The third-order valence-electron chi connectivity index (χ3n) is 3.12. The lowest BCUT2D eigenvalue weighted by molar-refractivity contribution is -0.139. The molecule has 8 heteroatoms. The van der Waals surface area contributed by atoms with E-state index in [4.69, 9.17) is 8.92 Å². The van der Waals surface area contributed by atoms with Gasteiger partial charge in [0.2, 0.25) is 0 Å². The van der Waals surface area contributed by atoms with Crippen LogP contribution in [0.15, 0.2) is 47.4 Å². The molecule has 0 saturated heterocycles. The maximum Gasteiger partial charge on any atom is 0.339 e. The van der Waals surface area contributed by atoms with Gasteiger partial charge in [-0.3, -0.25) is 4.79 Å². The van der Waals surface area contributed by atoms with E-state index in [1.54, 1.807) is 0 Å². The van der Waals surface area contributed by atoms with Crippen molar-refractivity contribution in [1.82, 2.24) is 0 Å². The molecule has 0 unspecified atom stereocenters. The van der Waals surface area contributed by atoms with Crippen molar-refractivity contribution in [1.29, 1.82) is 0 Å². The summed E-state index contributed by atoms with van der Waals surface area (Å²) in [6, 6.07) is 9.08. The average molecular weight is 354 g/mol. The van der Waals surface area contributed by atoms with Gasteiger partial charge in [0, 0.05) is 0 Å². The zero-order valence-electron chi connectivity index (χ0n) is 13.0. The third kappa shape index (κ3) is 4.23. The van der Waals surface area contributed by atoms with Gasteiger partial charge in [-0.05, 0) is 35.9 Å². The molecule has 0 atom stereocenters. The fourth-order valence-electron chi connectivity index (χ4n) is 1.88. The van der Waals surface area contributed by atoms with Crippen LogP contribution in [0.1, 0.15) is 5.56 Å². The van der Waals surface area contributed by atoms with Crippen molar-refractivity contribution in [3.63, 3.8) is 0 Å². The van der Waals surface area contributed by atoms with E-state index in [2.05, 4.69) is 4.74 Å². The highest BCUT2D eigenvalue weighted by Crippen LogP contribution is 2.24. The van der Waals surface area contributed by atoms with Crippen molar-refractivity contribution in [2.75, 3.05) is 14.2 Å². The van der Waals surface area contributed by atoms with Crippen molar-refractivity contribution < 1.29 is 31.3 Å². The normalized spacial score (nSPS) is 11.0. The molecule has 0 N–H and O–H groups in total. The van der Waals surface area contributed by atoms with Gasteiger partial charge in [0.25, 0.3) is 0 Å². The van der Waals surface area contributed by atoms with E-state index in [1.807, 2.05) is 0 Å². The van der Waals surface area contributed by atoms with Crippen molar-refractivity contribution >= 4 is 16.1 Å². The molecule has 24 heavy (non-hydrogen) atoms. The maximum atomic E-state index is 13.6. The van der Waals surface area contributed by atoms with Crippen LogP contribution in [-0.4, -0.2) is 28.6 Å². The predicted molar refractivity (Wildman–Crippen MR) is 82.9 cm³/mol. The minimum Gasteiger partial charge on any atom is -0.494 e. The van der Waals surface area contributed by atoms with Gasteiger partial charge in [-0.25, -0.2) is 4.39 Å². The fraction of sp³-hybridized carbons (Fsp3) is 0.188. The SMILES string of the molecule is COC(=O)Cc1ccc(OS(=O)(=O)c2ccc(OC)c(F)c2)cc1. The Balaban J connectivity index is 2.17. The molecule has 0 heterocycles. The van der Waals surface area contributed by atoms with E-state index in [1.165, 1.54) is 50.6 Å². The molecule has 0 fully saturated rings. The average Bonchev–Trinajstić information content (AvgIpc) is 2.56. The first-order valence-electron chi connectivity index (χ1n) is 6.79. The lowest BCUT2D eigenvalue weighted by Gasteiger charge is -2.09. The van der Waals surface area contributed by atoms with Crippen LogP contribution in [0.25, 0.3) is 0 Å². The smallest absolute Gasteiger partial charge is 0.339 e. The molecule has 0 bridgehead atoms. The van der Waals surface area contributed by atoms with Crippen LogP contribution in [0, 0.1) is 5.82 Å². The van der Waals surface area contributed by atoms with Gasteiger partial charge in [0.1, 0.15) is 10.6 Å². The molecule has 128 valence electrons. The first-order valence-corrected chi connectivity index (χ1v) is 8.20. The monoisotopic (exact) mass is 354 g/mol. The molecule has 2 aromatic rings. The summed E-state index contributed by atoms with van der Waals surface area (Å²) in [4.78, 5) is 10.8. The third-order valence-corrected chi connectivity index (χ3v) is 4.36. The summed E-state index contributed by atoms with van der Waals surface area (Å²) >= 11 is 0. The summed E-state index contributed by atoms with van der Waals surface area (Å²) in [5.41, 5.74) is 0.641. The summed E-state index contributed by atoms with van der Waals surface area (Å²) in [6.07, 6.45) is 0.0627. The summed E-state index contributed by atoms with van der Waals surface area (Å²) in [5.74, 6) is -1.25. The van der Waals surface area contributed by atoms with E-state index in [0.717, 1.165) is 6.07 Å². The summed E-state index contributed by atoms with van der Waals surface area (Å²) < 4.78 is 52.2. The van der Waals surface area contributed by atoms with Gasteiger partial charge in [-0.1, -0.05) is 12.1 Å². The molecular weight excluding hydrogens is 339 g/mol. The second-order valence-electron chi connectivity index (χ2n) is 4.73. The van der Waals surface area contributed by atoms with Gasteiger partial charge in [0.05, 0.1) is 20.6 Å². The number of rotatable bonds is 6. The van der Waals surface area contributed by atoms with Crippen molar-refractivity contribution in [2.45, 2.75) is 11.3 Å². The molecule has 0 amide bonds. The van der Waals surface area contributed by atoms with Gasteiger partial charge in [0.15, 0.2) is 11.6 Å². The Bertz CT molecular complexity index is 830. The van der Waals surface area contributed by atoms with Gasteiger partial charge in [-0.15, -0.1) is 0 Å². The highest BCUT2D eigenvalue weighted by molar-refractivity contribution is 7.87. The molecule has 0 spiro atoms. The van der Waals surface area contributed by atoms with E-state index >= 15 is 0 Å². The maximum absolute atomic E-state index is 13.6. The number of carbonyl (C=O) groups is 1. The molecule has 0 aromatic heterocycles. The molecule has 0 saturated carbocycles. The minimum absolute atomic E-state index is 0.0415. The van der Waals surface area contributed by atoms with Crippen LogP contribution < -0.4 is 8.92 Å². The van der Waals surface area contributed by atoms with E-state index in [0.29, 0.717) is 5.56 Å². The summed E-state index contributed by atoms with van der Waals surface area (Å²) in [6.45, 7) is 0. The predicted octanol–water partition coefficient (Wildman–Crippen LogP) is 2.32. The van der Waals surface area contributed by atoms with E-state index < -0.39 is 21.9 Å². The Hall–Kier alpha value is -2.61. The highest BCUT2D eigenvalue weighted by Gasteiger charge is 2.19. The Labute approximate surface area is 138 Å². The summed E-state index contributed by atoms with van der Waals surface area (Å²) in [7, 11) is -1.63. The van der Waals surface area contributed by atoms with Gasteiger partial charge >= 0.3 is 16.1 Å². The summed E-state index contributed by atoms with van der Waals surface area (Å²) in [5, 5.41) is 0. The zero-order chi connectivity index (χ0) is 17.7. The van der Waals surface area contributed by atoms with Crippen LogP contribution >= 0.6 is 0 Å². The Morgan fingerprint density at radius 1 is 1.08 bits per heavy atom. The number of benzene rings is 2. The molecule has 0 radical (unpaired) electrons. The van der Waals surface area contributed by atoms with Crippen LogP contribution in [-0.2, 0) is 26.1 Å². The Morgan fingerprint density at radius 3 is 2.29 bits per heavy atom. The number of ether oxygens (including phenoxy) is 2. The molecule has 0 aliphatic carbocycles. The number of halogens is 1. The van der Waals surface area contributed by atoms with Crippen LogP contribution in [0.2, 0.25) is 0 Å². The molecule has 2 rings (SSSR count). The number of hydrogen-bond donors (Lipinski definition) is 0. The number of hydrogen-bond acceptors (Lipinski definition) is 6. The van der Waals surface area contributed by atoms with Crippen LogP contribution in [0.5, 0.6) is 11.5 Å². The standard InChI is InChI=1S/C16H15FO6S/c1-21-15-8-7-13(10-14(15)17)24(19,20)23-12-5-3-11(4-6-12)9-16(18)22-2/h3-8,10H,9H2,1-2H3. The van der Waals surface area contributed by atoms with Crippen LogP contribution in [0.4, 0.5) is 4.39 Å². The molecule has 0 aliphatic rings. The Kier molecular flexibility index (Phi) is 5.40. The van der Waals surface area contributed by atoms with Crippen molar-refractivity contribution in [3.05, 3.63) is 53.8 Å². The number of esters is 1. The molecule has 0 aliphatic heterocycles. The van der Waals surface area contributed by atoms with E-state index in [-0.39, 0.29) is 22.8 Å². The minimum atomic E-state index is -4.19. The first kappa shape index (κ1) is 17.7.